The van der Waals surface area contributed by atoms with E-state index in [4.69, 9.17) is 16.3 Å². The molecule has 0 atom stereocenters. The Labute approximate surface area is 189 Å². The fourth-order valence-electron chi connectivity index (χ4n) is 2.76. The normalized spacial score (nSPS) is 10.0. The molecule has 1 heterocycles. The first-order chi connectivity index (χ1) is 15.1. The average Bonchev–Trinajstić information content (AvgIpc) is 2.80. The van der Waals surface area contributed by atoms with E-state index in [9.17, 15) is 10.1 Å². The molecule has 1 aromatic heterocycles. The SMILES string of the molecule is CCOC(=O)c1c(-c2ccccc2)nc(SC)c(C#N)c1N=C=Nc1ccc(Cl)cc1. The Kier molecular flexibility index (Phi) is 7.58. The summed E-state index contributed by atoms with van der Waals surface area (Å²) in [5.74, 6) is -0.620. The lowest BCUT2D eigenvalue weighted by Gasteiger charge is -2.14. The van der Waals surface area contributed by atoms with Crippen LogP contribution >= 0.6 is 23.4 Å². The number of thioether (sulfide) groups is 1. The van der Waals surface area contributed by atoms with Crippen molar-refractivity contribution in [3.8, 4) is 17.3 Å². The Bertz CT molecular complexity index is 1200. The van der Waals surface area contributed by atoms with Gasteiger partial charge in [0.05, 0.1) is 18.0 Å². The monoisotopic (exact) mass is 448 g/mol. The highest BCUT2D eigenvalue weighted by molar-refractivity contribution is 7.98. The number of hydrogen-bond acceptors (Lipinski definition) is 7. The molecule has 154 valence electrons. The van der Waals surface area contributed by atoms with E-state index in [-0.39, 0.29) is 23.4 Å². The number of hydrogen-bond donors (Lipinski definition) is 0. The third-order valence-corrected chi connectivity index (χ3v) is 5.07. The molecule has 0 aliphatic carbocycles. The molecule has 2 aromatic carbocycles. The van der Waals surface area contributed by atoms with E-state index >= 15 is 0 Å². The lowest BCUT2D eigenvalue weighted by Crippen LogP contribution is -2.10. The fourth-order valence-corrected chi connectivity index (χ4v) is 3.42. The molecule has 3 rings (SSSR count). The van der Waals surface area contributed by atoms with Gasteiger partial charge in [-0.25, -0.2) is 9.78 Å². The number of pyridine rings is 1. The number of aromatic nitrogens is 1. The number of ether oxygens (including phenoxy) is 1. The predicted molar refractivity (Wildman–Crippen MR) is 123 cm³/mol. The van der Waals surface area contributed by atoms with E-state index in [1.807, 2.05) is 30.3 Å². The van der Waals surface area contributed by atoms with Crippen molar-refractivity contribution < 1.29 is 9.53 Å². The number of esters is 1. The molecule has 0 unspecified atom stereocenters. The van der Waals surface area contributed by atoms with Gasteiger partial charge in [0.25, 0.3) is 0 Å². The lowest BCUT2D eigenvalue weighted by molar-refractivity contribution is 0.0527. The summed E-state index contributed by atoms with van der Waals surface area (Å²) in [6.07, 6.45) is 1.80. The van der Waals surface area contributed by atoms with Gasteiger partial charge in [-0.3, -0.25) is 0 Å². The van der Waals surface area contributed by atoms with Crippen molar-refractivity contribution in [2.45, 2.75) is 11.9 Å². The molecule has 0 aliphatic heterocycles. The molecule has 0 saturated carbocycles. The van der Waals surface area contributed by atoms with Gasteiger partial charge in [-0.15, -0.1) is 11.8 Å². The minimum Gasteiger partial charge on any atom is -0.462 e. The Morgan fingerprint density at radius 1 is 1.16 bits per heavy atom. The van der Waals surface area contributed by atoms with Crippen LogP contribution in [-0.4, -0.2) is 29.8 Å². The van der Waals surface area contributed by atoms with Crippen molar-refractivity contribution in [1.29, 1.82) is 5.26 Å². The van der Waals surface area contributed by atoms with Crippen molar-refractivity contribution in [3.05, 3.63) is 70.7 Å². The first-order valence-electron chi connectivity index (χ1n) is 9.25. The zero-order chi connectivity index (χ0) is 22.2. The van der Waals surface area contributed by atoms with Crippen LogP contribution < -0.4 is 0 Å². The molecule has 8 heteroatoms. The fraction of sp³-hybridized carbons (Fsp3) is 0.130. The second-order valence-electron chi connectivity index (χ2n) is 6.07. The van der Waals surface area contributed by atoms with E-state index < -0.39 is 5.97 Å². The summed E-state index contributed by atoms with van der Waals surface area (Å²) in [4.78, 5) is 25.9. The van der Waals surface area contributed by atoms with Crippen LogP contribution in [0.1, 0.15) is 22.8 Å². The Hall–Kier alpha value is -3.43. The summed E-state index contributed by atoms with van der Waals surface area (Å²) in [7, 11) is 0. The molecular weight excluding hydrogens is 432 g/mol. The van der Waals surface area contributed by atoms with E-state index in [2.05, 4.69) is 27.0 Å². The van der Waals surface area contributed by atoms with Crippen molar-refractivity contribution >= 4 is 46.7 Å². The van der Waals surface area contributed by atoms with Gasteiger partial charge in [0.2, 0.25) is 0 Å². The molecule has 31 heavy (non-hydrogen) atoms. The quantitative estimate of drug-likeness (QED) is 0.250. The Morgan fingerprint density at radius 2 is 1.87 bits per heavy atom. The molecule has 3 aromatic rings. The van der Waals surface area contributed by atoms with Crippen molar-refractivity contribution in [1.82, 2.24) is 4.98 Å². The van der Waals surface area contributed by atoms with Crippen LogP contribution in [0.25, 0.3) is 11.3 Å². The van der Waals surface area contributed by atoms with Crippen LogP contribution in [0, 0.1) is 11.3 Å². The number of nitriles is 1. The van der Waals surface area contributed by atoms with Gasteiger partial charge in [-0.05, 0) is 37.4 Å². The summed E-state index contributed by atoms with van der Waals surface area (Å²) >= 11 is 7.18. The molecule has 0 amide bonds. The summed E-state index contributed by atoms with van der Waals surface area (Å²) in [5, 5.41) is 10.8. The van der Waals surface area contributed by atoms with Crippen LogP contribution in [0.3, 0.4) is 0 Å². The smallest absolute Gasteiger partial charge is 0.342 e. The number of aliphatic imine (C=N–C) groups is 2. The molecule has 0 radical (unpaired) electrons. The zero-order valence-electron chi connectivity index (χ0n) is 16.8. The van der Waals surface area contributed by atoms with E-state index in [0.717, 1.165) is 0 Å². The van der Waals surface area contributed by atoms with Crippen LogP contribution in [0.15, 0.2) is 69.6 Å². The number of carbonyl (C=O) groups is 1. The van der Waals surface area contributed by atoms with Crippen molar-refractivity contribution in [2.75, 3.05) is 12.9 Å². The highest BCUT2D eigenvalue weighted by Crippen LogP contribution is 2.37. The van der Waals surface area contributed by atoms with Gasteiger partial charge in [-0.2, -0.15) is 15.2 Å². The first kappa shape index (κ1) is 22.3. The predicted octanol–water partition coefficient (Wildman–Crippen LogP) is 6.31. The van der Waals surface area contributed by atoms with Crippen LogP contribution in [0.4, 0.5) is 11.4 Å². The average molecular weight is 449 g/mol. The summed E-state index contributed by atoms with van der Waals surface area (Å²) in [6, 6.07) is 20.7. The second-order valence-corrected chi connectivity index (χ2v) is 7.30. The molecular formula is C23H17ClN4O2S. The van der Waals surface area contributed by atoms with Crippen molar-refractivity contribution in [2.24, 2.45) is 9.98 Å². The van der Waals surface area contributed by atoms with E-state index in [1.54, 1.807) is 37.4 Å². The summed E-state index contributed by atoms with van der Waals surface area (Å²) in [5.41, 5.74) is 2.05. The van der Waals surface area contributed by atoms with Crippen LogP contribution in [0.5, 0.6) is 0 Å². The topological polar surface area (TPSA) is 87.7 Å². The maximum Gasteiger partial charge on any atom is 0.342 e. The van der Waals surface area contributed by atoms with Crippen LogP contribution in [-0.2, 0) is 4.74 Å². The van der Waals surface area contributed by atoms with Gasteiger partial charge in [0.15, 0.2) is 0 Å². The van der Waals surface area contributed by atoms with Gasteiger partial charge >= 0.3 is 5.97 Å². The maximum atomic E-state index is 12.9. The molecule has 0 saturated heterocycles. The third-order valence-electron chi connectivity index (χ3n) is 4.14. The number of halogens is 1. The minimum absolute atomic E-state index is 0.0983. The second kappa shape index (κ2) is 10.6. The molecule has 0 aliphatic rings. The summed E-state index contributed by atoms with van der Waals surface area (Å²) < 4.78 is 5.25. The molecule has 0 spiro atoms. The van der Waals surface area contributed by atoms with Gasteiger partial charge in [-0.1, -0.05) is 41.9 Å². The van der Waals surface area contributed by atoms with Crippen molar-refractivity contribution in [3.63, 3.8) is 0 Å². The number of rotatable bonds is 6. The maximum absolute atomic E-state index is 12.9. The number of benzene rings is 2. The lowest BCUT2D eigenvalue weighted by atomic mass is 10.0. The van der Waals surface area contributed by atoms with E-state index in [1.165, 1.54) is 11.8 Å². The van der Waals surface area contributed by atoms with Crippen LogP contribution in [0.2, 0.25) is 5.02 Å². The summed E-state index contributed by atoms with van der Waals surface area (Å²) in [6.45, 7) is 1.88. The highest BCUT2D eigenvalue weighted by atomic mass is 35.5. The molecule has 6 nitrogen and oxygen atoms in total. The minimum atomic E-state index is -0.620. The third kappa shape index (κ3) is 5.19. The number of nitrogens with zero attached hydrogens (tertiary/aromatic N) is 4. The van der Waals surface area contributed by atoms with Gasteiger partial charge in [0, 0.05) is 10.6 Å². The highest BCUT2D eigenvalue weighted by Gasteiger charge is 2.26. The Morgan fingerprint density at radius 3 is 2.48 bits per heavy atom. The van der Waals surface area contributed by atoms with Gasteiger partial charge < -0.3 is 4.74 Å². The number of carbonyl (C=O) groups excluding carboxylic acids is 1. The zero-order valence-corrected chi connectivity index (χ0v) is 18.4. The van der Waals surface area contributed by atoms with Gasteiger partial charge in [0.1, 0.15) is 33.9 Å². The van der Waals surface area contributed by atoms with E-state index in [0.29, 0.717) is 27.0 Å². The largest absolute Gasteiger partial charge is 0.462 e. The standard InChI is InChI=1S/C23H17ClN4O2S/c1-3-30-23(29)19-20(15-7-5-4-6-8-15)28-22(31-2)18(13-25)21(19)27-14-26-17-11-9-16(24)10-12-17/h4-12H,3H2,1-2H3. The molecule has 0 N–H and O–H groups in total. The molecule has 0 bridgehead atoms. The Balaban J connectivity index is 2.28. The first-order valence-corrected chi connectivity index (χ1v) is 10.9. The molecule has 0 fully saturated rings.